The van der Waals surface area contributed by atoms with Gasteiger partial charge in [0.2, 0.25) is 29.5 Å². The molecule has 3 rings (SSSR count). The normalized spacial score (nSPS) is 16.2. The molecule has 256 valence electrons. The standard InChI is InChI=1S/C34H50N8O5/c1-5-37-32(46)29-13-9-17-42(29)33(47)26(12-8-16-38-34(35)36)40-30(44)27(18-21(2)3)41-31(45)28(39-22(4)43)20-23-14-15-24-10-6-7-11-25(24)19-23/h6-7,10-11,14-15,19,21,26-29H,5,8-9,12-13,16-18,20H2,1-4H3,(H,37,46)(H,39,43)(H,40,44)(H,41,45)(H4,35,36,38)/t26-,27-,28-,29-/m0/s1. The quantitative estimate of drug-likeness (QED) is 0.0886. The lowest BCUT2D eigenvalue weighted by atomic mass is 9.99. The van der Waals surface area contributed by atoms with Crippen LogP contribution in [0.1, 0.15) is 65.4 Å². The zero-order valence-electron chi connectivity index (χ0n) is 27.9. The van der Waals surface area contributed by atoms with Crippen LogP contribution >= 0.6 is 0 Å². The first kappa shape index (κ1) is 36.8. The molecule has 0 unspecified atom stereocenters. The fraction of sp³-hybridized carbons (Fsp3) is 0.529. The second kappa shape index (κ2) is 17.9. The molecule has 13 heteroatoms. The SMILES string of the molecule is CCNC(=O)[C@@H]1CCCN1C(=O)[C@H](CCCN=C(N)N)NC(=O)[C@H](CC(C)C)NC(=O)[C@H](Cc1ccc2ccccc2c1)NC(C)=O. The molecule has 47 heavy (non-hydrogen) atoms. The fourth-order valence-electron chi connectivity index (χ4n) is 5.86. The van der Waals surface area contributed by atoms with Gasteiger partial charge >= 0.3 is 0 Å². The first-order valence-corrected chi connectivity index (χ1v) is 16.4. The molecule has 4 atom stereocenters. The van der Waals surface area contributed by atoms with E-state index in [1.165, 1.54) is 11.8 Å². The summed E-state index contributed by atoms with van der Waals surface area (Å²) in [5, 5.41) is 13.3. The summed E-state index contributed by atoms with van der Waals surface area (Å²) in [5.74, 6) is -2.10. The van der Waals surface area contributed by atoms with Crippen molar-refractivity contribution < 1.29 is 24.0 Å². The van der Waals surface area contributed by atoms with Gasteiger partial charge in [0.15, 0.2) is 5.96 Å². The summed E-state index contributed by atoms with van der Waals surface area (Å²) in [7, 11) is 0. The van der Waals surface area contributed by atoms with E-state index in [2.05, 4.69) is 26.3 Å². The maximum Gasteiger partial charge on any atom is 0.245 e. The van der Waals surface area contributed by atoms with Gasteiger partial charge in [-0.3, -0.25) is 29.0 Å². The van der Waals surface area contributed by atoms with Gasteiger partial charge in [-0.25, -0.2) is 0 Å². The summed E-state index contributed by atoms with van der Waals surface area (Å²) in [5.41, 5.74) is 11.8. The van der Waals surface area contributed by atoms with Crippen molar-refractivity contribution in [2.75, 3.05) is 19.6 Å². The third kappa shape index (κ3) is 11.3. The molecule has 13 nitrogen and oxygen atoms in total. The number of amides is 5. The zero-order valence-corrected chi connectivity index (χ0v) is 27.9. The number of likely N-dealkylation sites (N-methyl/N-ethyl adjacent to an activating group) is 1. The highest BCUT2D eigenvalue weighted by Crippen LogP contribution is 2.21. The minimum absolute atomic E-state index is 0.0162. The second-order valence-corrected chi connectivity index (χ2v) is 12.4. The molecular formula is C34H50N8O5. The molecule has 2 aromatic rings. The van der Waals surface area contributed by atoms with E-state index in [1.807, 2.05) is 63.2 Å². The number of hydrogen-bond donors (Lipinski definition) is 6. The highest BCUT2D eigenvalue weighted by atomic mass is 16.2. The van der Waals surface area contributed by atoms with Gasteiger partial charge < -0.3 is 37.6 Å². The van der Waals surface area contributed by atoms with Gasteiger partial charge in [0.25, 0.3) is 0 Å². The predicted molar refractivity (Wildman–Crippen MR) is 182 cm³/mol. The summed E-state index contributed by atoms with van der Waals surface area (Å²) in [4.78, 5) is 71.7. The van der Waals surface area contributed by atoms with Crippen LogP contribution in [-0.2, 0) is 30.4 Å². The van der Waals surface area contributed by atoms with Crippen LogP contribution in [0.15, 0.2) is 47.5 Å². The molecule has 0 bridgehead atoms. The fourth-order valence-corrected chi connectivity index (χ4v) is 5.86. The van der Waals surface area contributed by atoms with Crippen LogP contribution in [0.2, 0.25) is 0 Å². The van der Waals surface area contributed by atoms with E-state index in [1.54, 1.807) is 0 Å². The molecule has 1 saturated heterocycles. The van der Waals surface area contributed by atoms with Gasteiger partial charge in [-0.15, -0.1) is 0 Å². The van der Waals surface area contributed by atoms with Crippen LogP contribution in [-0.4, -0.2) is 84.2 Å². The number of nitrogens with one attached hydrogen (secondary N) is 4. The number of aliphatic imine (C=N–C) groups is 1. The smallest absolute Gasteiger partial charge is 0.245 e. The Morgan fingerprint density at radius 2 is 1.62 bits per heavy atom. The van der Waals surface area contributed by atoms with Gasteiger partial charge in [0.1, 0.15) is 24.2 Å². The van der Waals surface area contributed by atoms with Crippen molar-refractivity contribution in [3.63, 3.8) is 0 Å². The number of fused-ring (bicyclic) bond motifs is 1. The lowest BCUT2D eigenvalue weighted by Crippen LogP contribution is -2.58. The first-order valence-electron chi connectivity index (χ1n) is 16.4. The van der Waals surface area contributed by atoms with Gasteiger partial charge in [-0.1, -0.05) is 56.3 Å². The van der Waals surface area contributed by atoms with Crippen LogP contribution < -0.4 is 32.7 Å². The molecular weight excluding hydrogens is 600 g/mol. The Morgan fingerprint density at radius 3 is 2.28 bits per heavy atom. The van der Waals surface area contributed by atoms with Crippen molar-refractivity contribution in [3.05, 3.63) is 48.0 Å². The van der Waals surface area contributed by atoms with Crippen LogP contribution in [0, 0.1) is 5.92 Å². The Bertz CT molecular complexity index is 1440. The Kier molecular flexibility index (Phi) is 14.0. The van der Waals surface area contributed by atoms with Gasteiger partial charge in [0, 0.05) is 33.0 Å². The van der Waals surface area contributed by atoms with E-state index < -0.39 is 36.0 Å². The molecule has 1 heterocycles. The molecule has 5 amide bonds. The summed E-state index contributed by atoms with van der Waals surface area (Å²) in [6.45, 7) is 8.07. The van der Waals surface area contributed by atoms with Crippen molar-refractivity contribution >= 4 is 46.3 Å². The number of carbonyl (C=O) groups is 5. The number of likely N-dealkylation sites (tertiary alicyclic amines) is 1. The lowest BCUT2D eigenvalue weighted by molar-refractivity contribution is -0.142. The zero-order chi connectivity index (χ0) is 34.5. The summed E-state index contributed by atoms with van der Waals surface area (Å²) < 4.78 is 0. The van der Waals surface area contributed by atoms with Crippen LogP contribution in [0.4, 0.5) is 0 Å². The average molecular weight is 651 g/mol. The van der Waals surface area contributed by atoms with Crippen LogP contribution in [0.5, 0.6) is 0 Å². The molecule has 0 aromatic heterocycles. The van der Waals surface area contributed by atoms with Gasteiger partial charge in [-0.05, 0) is 61.3 Å². The highest BCUT2D eigenvalue weighted by molar-refractivity contribution is 5.96. The Labute approximate surface area is 276 Å². The molecule has 0 aliphatic carbocycles. The largest absolute Gasteiger partial charge is 0.370 e. The monoisotopic (exact) mass is 650 g/mol. The van der Waals surface area contributed by atoms with Gasteiger partial charge in [-0.2, -0.15) is 0 Å². The molecule has 8 N–H and O–H groups in total. The average Bonchev–Trinajstić information content (AvgIpc) is 3.51. The third-order valence-electron chi connectivity index (χ3n) is 8.04. The summed E-state index contributed by atoms with van der Waals surface area (Å²) in [6.07, 6.45) is 2.31. The molecule has 2 aromatic carbocycles. The number of benzene rings is 2. The molecule has 1 aliphatic rings. The molecule has 0 spiro atoms. The maximum absolute atomic E-state index is 13.8. The van der Waals surface area contributed by atoms with Gasteiger partial charge in [0.05, 0.1) is 0 Å². The van der Waals surface area contributed by atoms with Crippen molar-refractivity contribution in [2.45, 2.75) is 90.4 Å². The Morgan fingerprint density at radius 1 is 0.936 bits per heavy atom. The Balaban J connectivity index is 1.81. The van der Waals surface area contributed by atoms with Crippen LogP contribution in [0.3, 0.4) is 0 Å². The van der Waals surface area contributed by atoms with E-state index >= 15 is 0 Å². The van der Waals surface area contributed by atoms with E-state index in [4.69, 9.17) is 11.5 Å². The minimum Gasteiger partial charge on any atom is -0.370 e. The van der Waals surface area contributed by atoms with Crippen molar-refractivity contribution in [1.29, 1.82) is 0 Å². The number of hydrogen-bond acceptors (Lipinski definition) is 6. The van der Waals surface area contributed by atoms with Crippen molar-refractivity contribution in [3.8, 4) is 0 Å². The number of carbonyl (C=O) groups excluding carboxylic acids is 5. The molecule has 0 saturated carbocycles. The number of nitrogens with zero attached hydrogens (tertiary/aromatic N) is 2. The van der Waals surface area contributed by atoms with Crippen molar-refractivity contribution in [1.82, 2.24) is 26.2 Å². The number of rotatable bonds is 16. The highest BCUT2D eigenvalue weighted by Gasteiger charge is 2.38. The van der Waals surface area contributed by atoms with Crippen LogP contribution in [0.25, 0.3) is 10.8 Å². The first-order chi connectivity index (χ1) is 22.4. The van der Waals surface area contributed by atoms with E-state index in [0.717, 1.165) is 16.3 Å². The lowest BCUT2D eigenvalue weighted by Gasteiger charge is -2.30. The maximum atomic E-state index is 13.8. The third-order valence-corrected chi connectivity index (χ3v) is 8.04. The minimum atomic E-state index is -0.985. The van der Waals surface area contributed by atoms with E-state index in [0.29, 0.717) is 38.8 Å². The Hall–Kier alpha value is -4.68. The summed E-state index contributed by atoms with van der Waals surface area (Å²) in [6, 6.07) is 10.2. The summed E-state index contributed by atoms with van der Waals surface area (Å²) >= 11 is 0. The molecule has 1 fully saturated rings. The van der Waals surface area contributed by atoms with E-state index in [-0.39, 0.29) is 49.0 Å². The van der Waals surface area contributed by atoms with Crippen molar-refractivity contribution in [2.24, 2.45) is 22.4 Å². The molecule has 0 radical (unpaired) electrons. The number of guanidine groups is 1. The predicted octanol–water partition coefficient (Wildman–Crippen LogP) is 1.08. The second-order valence-electron chi connectivity index (χ2n) is 12.4. The topological polar surface area (TPSA) is 201 Å². The number of nitrogens with two attached hydrogens (primary N) is 2. The molecule has 1 aliphatic heterocycles. The van der Waals surface area contributed by atoms with E-state index in [9.17, 15) is 24.0 Å².